The van der Waals surface area contributed by atoms with E-state index in [2.05, 4.69) is 10.2 Å². The SMILES string of the molecule is COC(=O)c1cc(C(=O)NN(C)c2ccccc2)cc([N+](=O)[O-])c1. The van der Waals surface area contributed by atoms with Gasteiger partial charge in [0.25, 0.3) is 11.6 Å². The maximum Gasteiger partial charge on any atom is 0.338 e. The molecule has 2 aromatic carbocycles. The average Bonchev–Trinajstić information content (AvgIpc) is 2.61. The van der Waals surface area contributed by atoms with Crippen molar-refractivity contribution in [2.45, 2.75) is 0 Å². The summed E-state index contributed by atoms with van der Waals surface area (Å²) in [5.41, 5.74) is 2.85. The van der Waals surface area contributed by atoms with Crippen LogP contribution in [0.4, 0.5) is 11.4 Å². The third-order valence-corrected chi connectivity index (χ3v) is 3.22. The summed E-state index contributed by atoms with van der Waals surface area (Å²) in [7, 11) is 2.79. The fourth-order valence-corrected chi connectivity index (χ4v) is 2.02. The summed E-state index contributed by atoms with van der Waals surface area (Å²) in [5.74, 6) is -1.35. The number of nitro benzene ring substituents is 1. The molecule has 0 aliphatic heterocycles. The molecule has 0 aromatic heterocycles. The number of para-hydroxylation sites is 1. The zero-order chi connectivity index (χ0) is 17.7. The van der Waals surface area contributed by atoms with Crippen LogP contribution in [0.3, 0.4) is 0 Å². The molecule has 0 radical (unpaired) electrons. The lowest BCUT2D eigenvalue weighted by molar-refractivity contribution is -0.384. The molecule has 0 saturated carbocycles. The van der Waals surface area contributed by atoms with Gasteiger partial charge in [-0.3, -0.25) is 25.3 Å². The van der Waals surface area contributed by atoms with Gasteiger partial charge in [0, 0.05) is 24.7 Å². The maximum absolute atomic E-state index is 12.3. The second-order valence-corrected chi connectivity index (χ2v) is 4.85. The third kappa shape index (κ3) is 3.86. The third-order valence-electron chi connectivity index (χ3n) is 3.22. The van der Waals surface area contributed by atoms with Crippen LogP contribution >= 0.6 is 0 Å². The Morgan fingerprint density at radius 2 is 1.75 bits per heavy atom. The van der Waals surface area contributed by atoms with E-state index in [-0.39, 0.29) is 16.8 Å². The number of non-ortho nitro benzene ring substituents is 1. The van der Waals surface area contributed by atoms with Crippen molar-refractivity contribution in [1.82, 2.24) is 5.43 Å². The molecule has 24 heavy (non-hydrogen) atoms. The Balaban J connectivity index is 2.29. The van der Waals surface area contributed by atoms with Gasteiger partial charge in [0.15, 0.2) is 0 Å². The number of nitro groups is 1. The number of amides is 1. The highest BCUT2D eigenvalue weighted by molar-refractivity contribution is 5.99. The number of ether oxygens (including phenoxy) is 1. The van der Waals surface area contributed by atoms with Crippen molar-refractivity contribution in [2.24, 2.45) is 0 Å². The second-order valence-electron chi connectivity index (χ2n) is 4.85. The first-order valence-corrected chi connectivity index (χ1v) is 6.90. The number of nitrogens with one attached hydrogen (secondary N) is 1. The molecule has 0 aliphatic carbocycles. The zero-order valence-electron chi connectivity index (χ0n) is 13.1. The van der Waals surface area contributed by atoms with Crippen molar-refractivity contribution in [3.8, 4) is 0 Å². The quantitative estimate of drug-likeness (QED) is 0.512. The summed E-state index contributed by atoms with van der Waals surface area (Å²) in [6, 6.07) is 12.4. The second kappa shape index (κ2) is 7.23. The highest BCUT2D eigenvalue weighted by atomic mass is 16.6. The Kier molecular flexibility index (Phi) is 5.10. The summed E-state index contributed by atoms with van der Waals surface area (Å²) in [6.07, 6.45) is 0. The monoisotopic (exact) mass is 329 g/mol. The molecule has 0 atom stereocenters. The van der Waals surface area contributed by atoms with Gasteiger partial charge in [-0.25, -0.2) is 4.79 Å². The van der Waals surface area contributed by atoms with Crippen molar-refractivity contribution in [3.63, 3.8) is 0 Å². The van der Waals surface area contributed by atoms with Crippen molar-refractivity contribution in [2.75, 3.05) is 19.2 Å². The van der Waals surface area contributed by atoms with Gasteiger partial charge in [0.1, 0.15) is 0 Å². The number of rotatable bonds is 5. The van der Waals surface area contributed by atoms with E-state index in [9.17, 15) is 19.7 Å². The number of benzene rings is 2. The van der Waals surface area contributed by atoms with Crippen LogP contribution in [-0.2, 0) is 4.74 Å². The first kappa shape index (κ1) is 16.9. The number of hydrogen-bond donors (Lipinski definition) is 1. The molecule has 1 amide bonds. The number of carbonyl (C=O) groups is 2. The van der Waals surface area contributed by atoms with Crippen LogP contribution in [0.2, 0.25) is 0 Å². The Morgan fingerprint density at radius 3 is 2.33 bits per heavy atom. The molecule has 0 aliphatic rings. The van der Waals surface area contributed by atoms with E-state index in [0.717, 1.165) is 24.9 Å². The molecule has 2 rings (SSSR count). The predicted octanol–water partition coefficient (Wildman–Crippen LogP) is 2.16. The normalized spacial score (nSPS) is 9.92. The molecular weight excluding hydrogens is 314 g/mol. The van der Waals surface area contributed by atoms with E-state index >= 15 is 0 Å². The van der Waals surface area contributed by atoms with E-state index in [1.165, 1.54) is 11.1 Å². The Labute approximate surface area is 137 Å². The number of methoxy groups -OCH3 is 1. The van der Waals surface area contributed by atoms with Gasteiger partial charge >= 0.3 is 5.97 Å². The van der Waals surface area contributed by atoms with Crippen LogP contribution in [0.15, 0.2) is 48.5 Å². The van der Waals surface area contributed by atoms with Crippen LogP contribution < -0.4 is 10.4 Å². The first-order valence-electron chi connectivity index (χ1n) is 6.90. The van der Waals surface area contributed by atoms with Crippen molar-refractivity contribution < 1.29 is 19.2 Å². The molecule has 8 nitrogen and oxygen atoms in total. The lowest BCUT2D eigenvalue weighted by atomic mass is 10.1. The van der Waals surface area contributed by atoms with E-state index in [1.807, 2.05) is 6.07 Å². The summed E-state index contributed by atoms with van der Waals surface area (Å²) in [5, 5.41) is 12.5. The molecule has 8 heteroatoms. The molecule has 124 valence electrons. The van der Waals surface area contributed by atoms with Crippen LogP contribution in [-0.4, -0.2) is 31.0 Å². The fraction of sp³-hybridized carbons (Fsp3) is 0.125. The molecule has 0 heterocycles. The first-order chi connectivity index (χ1) is 11.4. The minimum Gasteiger partial charge on any atom is -0.465 e. The summed E-state index contributed by atoms with van der Waals surface area (Å²) >= 11 is 0. The molecule has 0 unspecified atom stereocenters. The number of hydrazine groups is 1. The topological polar surface area (TPSA) is 102 Å². The summed E-state index contributed by atoms with van der Waals surface area (Å²) in [6.45, 7) is 0. The van der Waals surface area contributed by atoms with Crippen LogP contribution in [0.1, 0.15) is 20.7 Å². The standard InChI is InChI=1S/C16H15N3O5/c1-18(13-6-4-3-5-7-13)17-15(20)11-8-12(16(21)24-2)10-14(9-11)19(22)23/h3-10H,1-2H3,(H,17,20). The molecule has 1 N–H and O–H groups in total. The van der Waals surface area contributed by atoms with Gasteiger partial charge in [0.05, 0.1) is 23.3 Å². The number of hydrogen-bond acceptors (Lipinski definition) is 6. The maximum atomic E-state index is 12.3. The zero-order valence-corrected chi connectivity index (χ0v) is 13.1. The number of carbonyl (C=O) groups excluding carboxylic acids is 2. The smallest absolute Gasteiger partial charge is 0.338 e. The predicted molar refractivity (Wildman–Crippen MR) is 86.7 cm³/mol. The molecule has 0 saturated heterocycles. The highest BCUT2D eigenvalue weighted by Gasteiger charge is 2.19. The van der Waals surface area contributed by atoms with E-state index in [0.29, 0.717) is 0 Å². The Hall–Kier alpha value is -3.42. The van der Waals surface area contributed by atoms with E-state index in [1.54, 1.807) is 31.3 Å². The summed E-state index contributed by atoms with van der Waals surface area (Å²) < 4.78 is 4.55. The minimum absolute atomic E-state index is 0.0209. The molecule has 0 spiro atoms. The van der Waals surface area contributed by atoms with Crippen LogP contribution in [0.5, 0.6) is 0 Å². The summed E-state index contributed by atoms with van der Waals surface area (Å²) in [4.78, 5) is 34.3. The van der Waals surface area contributed by atoms with Crippen LogP contribution in [0, 0.1) is 10.1 Å². The largest absolute Gasteiger partial charge is 0.465 e. The highest BCUT2D eigenvalue weighted by Crippen LogP contribution is 2.18. The average molecular weight is 329 g/mol. The number of nitrogens with zero attached hydrogens (tertiary/aromatic N) is 2. The Morgan fingerprint density at radius 1 is 1.12 bits per heavy atom. The number of anilines is 1. The lowest BCUT2D eigenvalue weighted by Gasteiger charge is -2.20. The van der Waals surface area contributed by atoms with Gasteiger partial charge in [-0.15, -0.1) is 0 Å². The van der Waals surface area contributed by atoms with E-state index in [4.69, 9.17) is 0 Å². The molecule has 0 fully saturated rings. The van der Waals surface area contributed by atoms with Crippen molar-refractivity contribution >= 4 is 23.3 Å². The van der Waals surface area contributed by atoms with Gasteiger partial charge in [-0.05, 0) is 18.2 Å². The lowest BCUT2D eigenvalue weighted by Crippen LogP contribution is -2.39. The van der Waals surface area contributed by atoms with E-state index < -0.39 is 16.8 Å². The van der Waals surface area contributed by atoms with Gasteiger partial charge < -0.3 is 4.74 Å². The Bertz CT molecular complexity index is 777. The van der Waals surface area contributed by atoms with Crippen LogP contribution in [0.25, 0.3) is 0 Å². The van der Waals surface area contributed by atoms with Gasteiger partial charge in [-0.1, -0.05) is 18.2 Å². The fourth-order valence-electron chi connectivity index (χ4n) is 2.02. The van der Waals surface area contributed by atoms with Crippen molar-refractivity contribution in [1.29, 1.82) is 0 Å². The van der Waals surface area contributed by atoms with Gasteiger partial charge in [-0.2, -0.15) is 0 Å². The number of esters is 1. The molecule has 0 bridgehead atoms. The van der Waals surface area contributed by atoms with Crippen molar-refractivity contribution in [3.05, 3.63) is 69.8 Å². The minimum atomic E-state index is -0.760. The molecular formula is C16H15N3O5. The molecule has 2 aromatic rings. The van der Waals surface area contributed by atoms with Gasteiger partial charge in [0.2, 0.25) is 0 Å².